The molecule has 4 rings (SSSR count). The largest absolute Gasteiger partial charge is 0.490 e. The summed E-state index contributed by atoms with van der Waals surface area (Å²) in [7, 11) is -3.79. The van der Waals surface area contributed by atoms with Gasteiger partial charge in [-0.2, -0.15) is 13.2 Å². The SMILES string of the molecule is O=C(NC1CCCCC1)C1(c2ccc(NS(=O)(=O)c3ccc(F)cc3)cc2)CC1.O=C(O)C(F)(F)F. The van der Waals surface area contributed by atoms with Crippen LogP contribution in [0.3, 0.4) is 0 Å². The Morgan fingerprint density at radius 3 is 1.92 bits per heavy atom. The Morgan fingerprint density at radius 2 is 1.44 bits per heavy atom. The second-order valence-electron chi connectivity index (χ2n) is 8.83. The van der Waals surface area contributed by atoms with Crippen LogP contribution in [0.4, 0.5) is 23.2 Å². The lowest BCUT2D eigenvalue weighted by Gasteiger charge is -2.25. The summed E-state index contributed by atoms with van der Waals surface area (Å²) < 4.78 is 72.1. The summed E-state index contributed by atoms with van der Waals surface area (Å²) in [6.45, 7) is 0. The fraction of sp³-hybridized carbons (Fsp3) is 0.417. The van der Waals surface area contributed by atoms with Gasteiger partial charge in [-0.05, 0) is 67.6 Å². The Morgan fingerprint density at radius 1 is 0.917 bits per heavy atom. The number of aliphatic carboxylic acids is 1. The minimum absolute atomic E-state index is 0.00602. The van der Waals surface area contributed by atoms with E-state index in [0.29, 0.717) is 5.69 Å². The zero-order chi connectivity index (χ0) is 26.6. The highest BCUT2D eigenvalue weighted by molar-refractivity contribution is 7.92. The molecule has 36 heavy (non-hydrogen) atoms. The van der Waals surface area contributed by atoms with Crippen LogP contribution in [0.5, 0.6) is 0 Å². The summed E-state index contributed by atoms with van der Waals surface area (Å²) in [4.78, 5) is 21.8. The number of halogens is 4. The van der Waals surface area contributed by atoms with Gasteiger partial charge in [-0.3, -0.25) is 9.52 Å². The van der Waals surface area contributed by atoms with Crippen LogP contribution in [0.25, 0.3) is 0 Å². The third kappa shape index (κ3) is 6.96. The van der Waals surface area contributed by atoms with Crippen molar-refractivity contribution >= 4 is 27.6 Å². The minimum Gasteiger partial charge on any atom is -0.475 e. The lowest BCUT2D eigenvalue weighted by molar-refractivity contribution is -0.192. The summed E-state index contributed by atoms with van der Waals surface area (Å²) in [5.74, 6) is -3.16. The van der Waals surface area contributed by atoms with Crippen molar-refractivity contribution in [1.82, 2.24) is 5.32 Å². The quantitative estimate of drug-likeness (QED) is 0.467. The Kier molecular flexibility index (Phi) is 8.27. The molecule has 7 nitrogen and oxygen atoms in total. The van der Waals surface area contributed by atoms with E-state index >= 15 is 0 Å². The fourth-order valence-corrected chi connectivity index (χ4v) is 5.09. The lowest BCUT2D eigenvalue weighted by Crippen LogP contribution is -2.42. The monoisotopic (exact) mass is 530 g/mol. The third-order valence-electron chi connectivity index (χ3n) is 6.18. The zero-order valence-corrected chi connectivity index (χ0v) is 20.0. The average molecular weight is 531 g/mol. The van der Waals surface area contributed by atoms with Gasteiger partial charge in [0.05, 0.1) is 10.3 Å². The van der Waals surface area contributed by atoms with Gasteiger partial charge in [0.25, 0.3) is 10.0 Å². The van der Waals surface area contributed by atoms with Crippen molar-refractivity contribution < 1.29 is 40.7 Å². The molecule has 0 unspecified atom stereocenters. The normalized spacial score (nSPS) is 17.3. The van der Waals surface area contributed by atoms with Crippen LogP contribution < -0.4 is 10.0 Å². The molecular weight excluding hydrogens is 504 g/mol. The molecule has 2 saturated carbocycles. The molecule has 2 aliphatic carbocycles. The predicted octanol–water partition coefficient (Wildman–Crippen LogP) is 4.74. The molecule has 0 radical (unpaired) electrons. The van der Waals surface area contributed by atoms with Gasteiger partial charge < -0.3 is 10.4 Å². The maximum Gasteiger partial charge on any atom is 0.490 e. The van der Waals surface area contributed by atoms with E-state index in [1.165, 1.54) is 31.4 Å². The second kappa shape index (κ2) is 10.9. The number of carbonyl (C=O) groups excluding carboxylic acids is 1. The molecule has 0 aromatic heterocycles. The van der Waals surface area contributed by atoms with Crippen molar-refractivity contribution in [2.45, 2.75) is 67.5 Å². The van der Waals surface area contributed by atoms with E-state index in [0.717, 1.165) is 43.4 Å². The Hall–Kier alpha value is -3.15. The molecule has 1 amide bonds. The Balaban J connectivity index is 0.000000454. The van der Waals surface area contributed by atoms with Crippen molar-refractivity contribution in [3.63, 3.8) is 0 Å². The van der Waals surface area contributed by atoms with Gasteiger partial charge in [0.1, 0.15) is 5.82 Å². The average Bonchev–Trinajstić information content (AvgIpc) is 3.62. The predicted molar refractivity (Wildman–Crippen MR) is 123 cm³/mol. The summed E-state index contributed by atoms with van der Waals surface area (Å²) >= 11 is 0. The number of hydrogen-bond acceptors (Lipinski definition) is 4. The number of benzene rings is 2. The van der Waals surface area contributed by atoms with Gasteiger partial charge in [-0.25, -0.2) is 17.6 Å². The standard InChI is InChI=1S/C22H25FN2O3S.C2HF3O2/c23-17-8-12-20(13-9-17)29(27,28)25-19-10-6-16(7-11-19)22(14-15-22)21(26)24-18-4-2-1-3-5-18;3-2(4,5)1(6)7/h6-13,18,25H,1-5,14-15H2,(H,24,26);(H,6,7). The second-order valence-corrected chi connectivity index (χ2v) is 10.5. The van der Waals surface area contributed by atoms with Crippen molar-refractivity contribution in [1.29, 1.82) is 0 Å². The summed E-state index contributed by atoms with van der Waals surface area (Å²) in [5, 5.41) is 10.3. The number of nitrogens with one attached hydrogen (secondary N) is 2. The van der Waals surface area contributed by atoms with E-state index in [9.17, 15) is 30.8 Å². The van der Waals surface area contributed by atoms with Crippen LogP contribution in [0.15, 0.2) is 53.4 Å². The van der Waals surface area contributed by atoms with E-state index < -0.39 is 33.4 Å². The molecule has 12 heteroatoms. The summed E-state index contributed by atoms with van der Waals surface area (Å²) in [5.41, 5.74) is 0.836. The first kappa shape index (κ1) is 27.4. The number of hydrogen-bond donors (Lipinski definition) is 3. The van der Waals surface area contributed by atoms with Crippen LogP contribution in [-0.4, -0.2) is 37.6 Å². The molecule has 2 aromatic carbocycles. The van der Waals surface area contributed by atoms with Gasteiger partial charge >= 0.3 is 12.1 Å². The van der Waals surface area contributed by atoms with Crippen molar-refractivity contribution in [2.24, 2.45) is 0 Å². The van der Waals surface area contributed by atoms with Crippen LogP contribution in [0.2, 0.25) is 0 Å². The molecule has 0 aliphatic heterocycles. The molecular formula is C24H26F4N2O5S. The highest BCUT2D eigenvalue weighted by Gasteiger charge is 2.51. The Labute approximate surface area is 206 Å². The number of carbonyl (C=O) groups is 2. The number of sulfonamides is 1. The maximum atomic E-state index is 13.0. The molecule has 0 atom stereocenters. The number of alkyl halides is 3. The first-order valence-electron chi connectivity index (χ1n) is 11.3. The summed E-state index contributed by atoms with van der Waals surface area (Å²) in [6, 6.07) is 11.9. The van der Waals surface area contributed by atoms with Gasteiger partial charge in [-0.15, -0.1) is 0 Å². The first-order valence-corrected chi connectivity index (χ1v) is 12.8. The topological polar surface area (TPSA) is 113 Å². The smallest absolute Gasteiger partial charge is 0.475 e. The van der Waals surface area contributed by atoms with Crippen LogP contribution in [0.1, 0.15) is 50.5 Å². The number of carboxylic acid groups (broad SMARTS) is 1. The van der Waals surface area contributed by atoms with Gasteiger partial charge in [0.15, 0.2) is 0 Å². The molecule has 0 bridgehead atoms. The third-order valence-corrected chi connectivity index (χ3v) is 7.58. The molecule has 0 saturated heterocycles. The molecule has 0 spiro atoms. The molecule has 0 heterocycles. The van der Waals surface area contributed by atoms with Crippen LogP contribution in [0, 0.1) is 5.82 Å². The zero-order valence-electron chi connectivity index (χ0n) is 19.1. The lowest BCUT2D eigenvalue weighted by atomic mass is 9.91. The van der Waals surface area contributed by atoms with Crippen molar-refractivity contribution in [2.75, 3.05) is 4.72 Å². The maximum absolute atomic E-state index is 13.0. The van der Waals surface area contributed by atoms with E-state index in [4.69, 9.17) is 9.90 Å². The molecule has 2 fully saturated rings. The highest BCUT2D eigenvalue weighted by Crippen LogP contribution is 2.49. The number of carboxylic acids is 1. The van der Waals surface area contributed by atoms with E-state index in [-0.39, 0.29) is 16.8 Å². The molecule has 2 aliphatic rings. The molecule has 2 aromatic rings. The molecule has 196 valence electrons. The van der Waals surface area contributed by atoms with Crippen LogP contribution >= 0.6 is 0 Å². The highest BCUT2D eigenvalue weighted by atomic mass is 32.2. The van der Waals surface area contributed by atoms with E-state index in [1.54, 1.807) is 12.1 Å². The fourth-order valence-electron chi connectivity index (χ4n) is 4.03. The number of anilines is 1. The van der Waals surface area contributed by atoms with E-state index in [1.807, 2.05) is 12.1 Å². The van der Waals surface area contributed by atoms with Gasteiger partial charge in [-0.1, -0.05) is 31.4 Å². The van der Waals surface area contributed by atoms with Crippen molar-refractivity contribution in [3.8, 4) is 0 Å². The number of amides is 1. The van der Waals surface area contributed by atoms with Gasteiger partial charge in [0, 0.05) is 11.7 Å². The number of rotatable bonds is 6. The van der Waals surface area contributed by atoms with Crippen LogP contribution in [-0.2, 0) is 25.0 Å². The minimum atomic E-state index is -5.08. The van der Waals surface area contributed by atoms with Crippen molar-refractivity contribution in [3.05, 3.63) is 59.9 Å². The first-order chi connectivity index (χ1) is 16.8. The van der Waals surface area contributed by atoms with E-state index in [2.05, 4.69) is 10.0 Å². The van der Waals surface area contributed by atoms with Gasteiger partial charge in [0.2, 0.25) is 5.91 Å². The molecule has 3 N–H and O–H groups in total. The Bertz CT molecular complexity index is 1170. The summed E-state index contributed by atoms with van der Waals surface area (Å²) in [6.07, 6.45) is 2.21.